The highest BCUT2D eigenvalue weighted by Gasteiger charge is 2.39. The second kappa shape index (κ2) is 10.9. The maximum Gasteiger partial charge on any atom is 0.243 e. The number of rotatable bonds is 9. The van der Waals surface area contributed by atoms with Crippen molar-refractivity contribution in [2.75, 3.05) is 13.7 Å². The molecule has 0 saturated carbocycles. The normalized spacial score (nSPS) is 16.1. The van der Waals surface area contributed by atoms with Crippen LogP contribution in [0.4, 0.5) is 0 Å². The highest BCUT2D eigenvalue weighted by atomic mass is 32.2. The third-order valence-electron chi connectivity index (χ3n) is 6.07. The Morgan fingerprint density at radius 3 is 2.46 bits per heavy atom. The van der Waals surface area contributed by atoms with Crippen molar-refractivity contribution in [2.45, 2.75) is 43.9 Å². The summed E-state index contributed by atoms with van der Waals surface area (Å²) in [4.78, 5) is 13.2. The quantitative estimate of drug-likeness (QED) is 0.485. The SMILES string of the molecule is COc1cc(CNC(=O)C2CCCN2S(=O)(=O)c2ccc(C)cc2)ccc1OCc1ccccc1. The van der Waals surface area contributed by atoms with Crippen LogP contribution in [-0.4, -0.2) is 38.3 Å². The van der Waals surface area contributed by atoms with Crippen molar-refractivity contribution >= 4 is 15.9 Å². The lowest BCUT2D eigenvalue weighted by Gasteiger charge is -2.23. The van der Waals surface area contributed by atoms with E-state index in [2.05, 4.69) is 5.32 Å². The van der Waals surface area contributed by atoms with E-state index in [-0.39, 0.29) is 17.3 Å². The monoisotopic (exact) mass is 494 g/mol. The topological polar surface area (TPSA) is 84.9 Å². The van der Waals surface area contributed by atoms with Gasteiger partial charge in [0.2, 0.25) is 15.9 Å². The first-order valence-electron chi connectivity index (χ1n) is 11.6. The summed E-state index contributed by atoms with van der Waals surface area (Å²) in [5.41, 5.74) is 2.85. The molecule has 0 bridgehead atoms. The molecule has 0 radical (unpaired) electrons. The molecule has 1 heterocycles. The number of carbonyl (C=O) groups excluding carboxylic acids is 1. The molecular weight excluding hydrogens is 464 g/mol. The Morgan fingerprint density at radius 1 is 1.00 bits per heavy atom. The molecule has 0 spiro atoms. The van der Waals surface area contributed by atoms with Crippen molar-refractivity contribution in [3.05, 3.63) is 89.5 Å². The molecule has 1 unspecified atom stereocenters. The molecule has 1 N–H and O–H groups in total. The van der Waals surface area contributed by atoms with Gasteiger partial charge in [-0.15, -0.1) is 0 Å². The average Bonchev–Trinajstić information content (AvgIpc) is 3.38. The Kier molecular flexibility index (Phi) is 7.73. The zero-order valence-corrected chi connectivity index (χ0v) is 20.8. The van der Waals surface area contributed by atoms with Crippen LogP contribution >= 0.6 is 0 Å². The van der Waals surface area contributed by atoms with Crippen LogP contribution in [-0.2, 0) is 28.0 Å². The van der Waals surface area contributed by atoms with Crippen molar-refractivity contribution in [3.8, 4) is 11.5 Å². The maximum atomic E-state index is 13.1. The smallest absolute Gasteiger partial charge is 0.243 e. The minimum atomic E-state index is -3.74. The second-order valence-electron chi connectivity index (χ2n) is 8.56. The summed E-state index contributed by atoms with van der Waals surface area (Å²) in [6, 6.07) is 21.3. The van der Waals surface area contributed by atoms with Gasteiger partial charge in [-0.2, -0.15) is 4.31 Å². The third-order valence-corrected chi connectivity index (χ3v) is 7.99. The molecule has 7 nitrogen and oxygen atoms in total. The standard InChI is InChI=1S/C27H30N2O5S/c1-20-10-13-23(14-11-20)35(31,32)29-16-6-9-24(29)27(30)28-18-22-12-15-25(26(17-22)33-2)34-19-21-7-4-3-5-8-21/h3-5,7-8,10-15,17,24H,6,9,16,18-19H2,1-2H3,(H,28,30). The number of hydrogen-bond donors (Lipinski definition) is 1. The van der Waals surface area contributed by atoms with Gasteiger partial charge >= 0.3 is 0 Å². The number of amides is 1. The molecule has 35 heavy (non-hydrogen) atoms. The molecule has 3 aromatic rings. The minimum absolute atomic E-state index is 0.207. The number of aryl methyl sites for hydroxylation is 1. The van der Waals surface area contributed by atoms with Gasteiger partial charge in [0.25, 0.3) is 0 Å². The fourth-order valence-corrected chi connectivity index (χ4v) is 5.78. The molecule has 1 aliphatic heterocycles. The van der Waals surface area contributed by atoms with E-state index in [4.69, 9.17) is 9.47 Å². The summed E-state index contributed by atoms with van der Waals surface area (Å²) in [6.45, 7) is 2.90. The Balaban J connectivity index is 1.39. The Labute approximate surface area is 206 Å². The van der Waals surface area contributed by atoms with Crippen LogP contribution in [0.1, 0.15) is 29.5 Å². The molecule has 184 valence electrons. The van der Waals surface area contributed by atoms with E-state index >= 15 is 0 Å². The van der Waals surface area contributed by atoms with E-state index in [0.717, 1.165) is 16.7 Å². The zero-order valence-electron chi connectivity index (χ0n) is 19.9. The molecule has 3 aromatic carbocycles. The molecule has 1 atom stereocenters. The van der Waals surface area contributed by atoms with Gasteiger partial charge in [0.15, 0.2) is 11.5 Å². The molecule has 0 aliphatic carbocycles. The minimum Gasteiger partial charge on any atom is -0.493 e. The van der Waals surface area contributed by atoms with Crippen LogP contribution in [0.15, 0.2) is 77.7 Å². The van der Waals surface area contributed by atoms with Gasteiger partial charge in [-0.25, -0.2) is 8.42 Å². The van der Waals surface area contributed by atoms with Crippen LogP contribution in [0.25, 0.3) is 0 Å². The van der Waals surface area contributed by atoms with Gasteiger partial charge in [0.05, 0.1) is 12.0 Å². The van der Waals surface area contributed by atoms with Crippen LogP contribution in [0, 0.1) is 6.92 Å². The highest BCUT2D eigenvalue weighted by Crippen LogP contribution is 2.29. The van der Waals surface area contributed by atoms with Gasteiger partial charge in [-0.05, 0) is 55.2 Å². The first-order valence-corrected chi connectivity index (χ1v) is 13.0. The van der Waals surface area contributed by atoms with Gasteiger partial charge in [0, 0.05) is 13.1 Å². The van der Waals surface area contributed by atoms with E-state index in [9.17, 15) is 13.2 Å². The van der Waals surface area contributed by atoms with E-state index in [1.54, 1.807) is 31.4 Å². The summed E-state index contributed by atoms with van der Waals surface area (Å²) in [7, 11) is -2.17. The van der Waals surface area contributed by atoms with Crippen molar-refractivity contribution in [2.24, 2.45) is 0 Å². The number of hydrogen-bond acceptors (Lipinski definition) is 5. The first-order chi connectivity index (χ1) is 16.9. The van der Waals surface area contributed by atoms with Gasteiger partial charge in [-0.3, -0.25) is 4.79 Å². The lowest BCUT2D eigenvalue weighted by atomic mass is 10.1. The fourth-order valence-electron chi connectivity index (χ4n) is 4.12. The summed E-state index contributed by atoms with van der Waals surface area (Å²) in [5, 5.41) is 2.89. The maximum absolute atomic E-state index is 13.1. The Morgan fingerprint density at radius 2 is 1.74 bits per heavy atom. The van der Waals surface area contributed by atoms with Gasteiger partial charge in [0.1, 0.15) is 12.6 Å². The number of ether oxygens (including phenoxy) is 2. The Hall–Kier alpha value is -3.36. The number of benzene rings is 3. The third kappa shape index (κ3) is 5.83. The summed E-state index contributed by atoms with van der Waals surface area (Å²) in [5.74, 6) is 0.872. The second-order valence-corrected chi connectivity index (χ2v) is 10.5. The van der Waals surface area contributed by atoms with E-state index in [1.807, 2.05) is 55.5 Å². The highest BCUT2D eigenvalue weighted by molar-refractivity contribution is 7.89. The lowest BCUT2D eigenvalue weighted by molar-refractivity contribution is -0.124. The van der Waals surface area contributed by atoms with Crippen LogP contribution in [0.2, 0.25) is 0 Å². The molecule has 1 amide bonds. The number of methoxy groups -OCH3 is 1. The van der Waals surface area contributed by atoms with Crippen molar-refractivity contribution in [1.82, 2.24) is 9.62 Å². The van der Waals surface area contributed by atoms with Gasteiger partial charge < -0.3 is 14.8 Å². The van der Waals surface area contributed by atoms with Crippen LogP contribution < -0.4 is 14.8 Å². The van der Waals surface area contributed by atoms with Crippen molar-refractivity contribution < 1.29 is 22.7 Å². The van der Waals surface area contributed by atoms with Crippen molar-refractivity contribution in [3.63, 3.8) is 0 Å². The number of sulfonamides is 1. The summed E-state index contributed by atoms with van der Waals surface area (Å²) < 4.78 is 39.0. The molecule has 8 heteroatoms. The lowest BCUT2D eigenvalue weighted by Crippen LogP contribution is -2.45. The number of nitrogens with zero attached hydrogens (tertiary/aromatic N) is 1. The molecule has 1 saturated heterocycles. The summed E-state index contributed by atoms with van der Waals surface area (Å²) >= 11 is 0. The predicted octanol–water partition coefficient (Wildman–Crippen LogP) is 4.05. The fraction of sp³-hybridized carbons (Fsp3) is 0.296. The van der Waals surface area contributed by atoms with Crippen LogP contribution in [0.3, 0.4) is 0 Å². The van der Waals surface area contributed by atoms with Crippen molar-refractivity contribution in [1.29, 1.82) is 0 Å². The average molecular weight is 495 g/mol. The molecule has 4 rings (SSSR count). The van der Waals surface area contributed by atoms with Gasteiger partial charge in [-0.1, -0.05) is 54.1 Å². The molecule has 1 aliphatic rings. The van der Waals surface area contributed by atoms with E-state index in [0.29, 0.717) is 37.5 Å². The number of nitrogens with one attached hydrogen (secondary N) is 1. The molecule has 0 aromatic heterocycles. The predicted molar refractivity (Wildman–Crippen MR) is 134 cm³/mol. The molecule has 1 fully saturated rings. The van der Waals surface area contributed by atoms with Crippen LogP contribution in [0.5, 0.6) is 11.5 Å². The summed E-state index contributed by atoms with van der Waals surface area (Å²) in [6.07, 6.45) is 1.14. The largest absolute Gasteiger partial charge is 0.493 e. The Bertz CT molecular complexity index is 1260. The van der Waals surface area contributed by atoms with E-state index in [1.165, 1.54) is 4.31 Å². The molecular formula is C27H30N2O5S. The number of carbonyl (C=O) groups is 1. The van der Waals surface area contributed by atoms with E-state index < -0.39 is 16.1 Å². The zero-order chi connectivity index (χ0) is 24.8. The first kappa shape index (κ1) is 24.8.